The number of alkyl halides is 3. The van der Waals surface area contributed by atoms with E-state index in [1.807, 2.05) is 19.1 Å². The topological polar surface area (TPSA) is 86.8 Å². The first-order valence-corrected chi connectivity index (χ1v) is 12.4. The average molecular weight is 500 g/mol. The van der Waals surface area contributed by atoms with E-state index < -0.39 is 46.2 Å². The second-order valence-corrected chi connectivity index (χ2v) is 9.74. The quantitative estimate of drug-likeness (QED) is 0.574. The van der Waals surface area contributed by atoms with E-state index in [1.54, 1.807) is 19.1 Å². The van der Waals surface area contributed by atoms with Crippen LogP contribution in [0.1, 0.15) is 30.5 Å². The third-order valence-electron chi connectivity index (χ3n) is 5.26. The maximum Gasteiger partial charge on any atom is 0.416 e. The summed E-state index contributed by atoms with van der Waals surface area (Å²) in [6.07, 6.45) is -3.88. The van der Waals surface area contributed by atoms with Crippen molar-refractivity contribution in [2.75, 3.05) is 23.7 Å². The maximum atomic E-state index is 13.3. The summed E-state index contributed by atoms with van der Waals surface area (Å²) in [4.78, 5) is 27.1. The van der Waals surface area contributed by atoms with E-state index in [9.17, 15) is 31.2 Å². The molecule has 0 aliphatic carbocycles. The van der Waals surface area contributed by atoms with E-state index in [1.165, 1.54) is 17.9 Å². The van der Waals surface area contributed by atoms with Gasteiger partial charge in [-0.05, 0) is 50.1 Å². The number of anilines is 1. The fourth-order valence-electron chi connectivity index (χ4n) is 3.33. The second kappa shape index (κ2) is 10.9. The van der Waals surface area contributed by atoms with Crippen LogP contribution >= 0.6 is 0 Å². The number of sulfonamides is 1. The molecule has 2 rings (SSSR count). The van der Waals surface area contributed by atoms with Gasteiger partial charge in [0.2, 0.25) is 21.8 Å². The Labute approximate surface area is 197 Å². The number of hydrogen-bond acceptors (Lipinski definition) is 4. The summed E-state index contributed by atoms with van der Waals surface area (Å²) in [6.45, 7) is 4.64. The molecule has 186 valence electrons. The molecule has 0 saturated carbocycles. The van der Waals surface area contributed by atoms with Crippen LogP contribution in [0.25, 0.3) is 0 Å². The first-order valence-electron chi connectivity index (χ1n) is 10.5. The third kappa shape index (κ3) is 6.96. The molecule has 0 aliphatic heterocycles. The van der Waals surface area contributed by atoms with Crippen LogP contribution < -0.4 is 9.62 Å². The second-order valence-electron chi connectivity index (χ2n) is 7.84. The molecule has 2 aromatic carbocycles. The first kappa shape index (κ1) is 27.2. The number of carbonyl (C=O) groups is 2. The summed E-state index contributed by atoms with van der Waals surface area (Å²) in [7, 11) is -4.13. The molecule has 0 fully saturated rings. The number of benzene rings is 2. The lowest BCUT2D eigenvalue weighted by Crippen LogP contribution is -2.51. The highest BCUT2D eigenvalue weighted by Crippen LogP contribution is 2.32. The number of rotatable bonds is 9. The van der Waals surface area contributed by atoms with Crippen molar-refractivity contribution in [3.8, 4) is 0 Å². The zero-order valence-corrected chi connectivity index (χ0v) is 20.2. The summed E-state index contributed by atoms with van der Waals surface area (Å²) in [6, 6.07) is 9.99. The van der Waals surface area contributed by atoms with Crippen molar-refractivity contribution in [3.05, 3.63) is 65.2 Å². The summed E-state index contributed by atoms with van der Waals surface area (Å²) in [5.41, 5.74) is 0.268. The van der Waals surface area contributed by atoms with Crippen LogP contribution in [-0.4, -0.2) is 50.5 Å². The Hall–Kier alpha value is -3.08. The molecule has 0 radical (unpaired) electrons. The first-order chi connectivity index (χ1) is 15.8. The van der Waals surface area contributed by atoms with Gasteiger partial charge in [-0.15, -0.1) is 0 Å². The smallest absolute Gasteiger partial charge is 0.355 e. The number of aryl methyl sites for hydroxylation is 1. The van der Waals surface area contributed by atoms with Crippen LogP contribution in [-0.2, 0) is 32.3 Å². The van der Waals surface area contributed by atoms with Crippen molar-refractivity contribution >= 4 is 27.5 Å². The van der Waals surface area contributed by atoms with Crippen molar-refractivity contribution in [2.24, 2.45) is 0 Å². The predicted molar refractivity (Wildman–Crippen MR) is 124 cm³/mol. The van der Waals surface area contributed by atoms with Crippen LogP contribution in [0.2, 0.25) is 0 Å². The largest absolute Gasteiger partial charge is 0.416 e. The predicted octanol–water partition coefficient (Wildman–Crippen LogP) is 3.33. The van der Waals surface area contributed by atoms with Crippen molar-refractivity contribution in [1.29, 1.82) is 0 Å². The minimum Gasteiger partial charge on any atom is -0.355 e. The summed E-state index contributed by atoms with van der Waals surface area (Å²) >= 11 is 0. The molecule has 2 amide bonds. The molecule has 7 nitrogen and oxygen atoms in total. The van der Waals surface area contributed by atoms with Gasteiger partial charge in [0.05, 0.1) is 17.5 Å². The molecular weight excluding hydrogens is 471 g/mol. The molecule has 0 saturated heterocycles. The van der Waals surface area contributed by atoms with E-state index in [-0.39, 0.29) is 12.2 Å². The number of nitrogens with zero attached hydrogens (tertiary/aromatic N) is 2. The molecule has 0 aliphatic rings. The number of amides is 2. The monoisotopic (exact) mass is 499 g/mol. The Kier molecular flexibility index (Phi) is 8.71. The third-order valence-corrected chi connectivity index (χ3v) is 6.40. The van der Waals surface area contributed by atoms with Gasteiger partial charge in [0.25, 0.3) is 0 Å². The highest BCUT2D eigenvalue weighted by molar-refractivity contribution is 7.92. The van der Waals surface area contributed by atoms with Gasteiger partial charge in [-0.3, -0.25) is 13.9 Å². The van der Waals surface area contributed by atoms with Gasteiger partial charge in [-0.1, -0.05) is 30.3 Å². The van der Waals surface area contributed by atoms with E-state index in [0.717, 1.165) is 29.5 Å². The molecule has 0 unspecified atom stereocenters. The van der Waals surface area contributed by atoms with Gasteiger partial charge in [0.15, 0.2) is 0 Å². The molecule has 34 heavy (non-hydrogen) atoms. The number of carbonyl (C=O) groups excluding carboxylic acids is 2. The van der Waals surface area contributed by atoms with Gasteiger partial charge >= 0.3 is 6.18 Å². The normalized spacial score (nSPS) is 12.7. The SMILES string of the molecule is CCNC(=O)[C@@H](C)N(Cc1ccccc1C)C(=O)CN(c1cccc(C(F)(F)F)c1)S(C)(=O)=O. The number of halogens is 3. The molecule has 0 aromatic heterocycles. The van der Waals surface area contributed by atoms with Crippen molar-refractivity contribution in [1.82, 2.24) is 10.2 Å². The molecule has 1 N–H and O–H groups in total. The molecule has 0 spiro atoms. The van der Waals surface area contributed by atoms with E-state index in [0.29, 0.717) is 16.9 Å². The highest BCUT2D eigenvalue weighted by Gasteiger charge is 2.33. The molecule has 0 heterocycles. The Balaban J connectivity index is 2.45. The van der Waals surface area contributed by atoms with Crippen LogP contribution in [0.5, 0.6) is 0 Å². The number of nitrogens with one attached hydrogen (secondary N) is 1. The fourth-order valence-corrected chi connectivity index (χ4v) is 4.17. The fraction of sp³-hybridized carbons (Fsp3) is 0.391. The van der Waals surface area contributed by atoms with Crippen LogP contribution in [0.15, 0.2) is 48.5 Å². The summed E-state index contributed by atoms with van der Waals surface area (Å²) in [5, 5.41) is 2.63. The maximum absolute atomic E-state index is 13.3. The van der Waals surface area contributed by atoms with Crippen molar-refractivity contribution in [3.63, 3.8) is 0 Å². The Morgan fingerprint density at radius 3 is 2.29 bits per heavy atom. The number of hydrogen-bond donors (Lipinski definition) is 1. The van der Waals surface area contributed by atoms with Crippen LogP contribution in [0, 0.1) is 6.92 Å². The van der Waals surface area contributed by atoms with Gasteiger partial charge in [-0.25, -0.2) is 8.42 Å². The van der Waals surface area contributed by atoms with E-state index in [2.05, 4.69) is 5.32 Å². The van der Waals surface area contributed by atoms with Gasteiger partial charge in [0.1, 0.15) is 12.6 Å². The lowest BCUT2D eigenvalue weighted by Gasteiger charge is -2.32. The minimum atomic E-state index is -4.69. The van der Waals surface area contributed by atoms with Crippen LogP contribution in [0.4, 0.5) is 18.9 Å². The Morgan fingerprint density at radius 2 is 1.74 bits per heavy atom. The summed E-state index contributed by atoms with van der Waals surface area (Å²) < 4.78 is 65.1. The highest BCUT2D eigenvalue weighted by atomic mass is 32.2. The average Bonchev–Trinajstić information content (AvgIpc) is 2.75. The van der Waals surface area contributed by atoms with Gasteiger partial charge in [0, 0.05) is 13.1 Å². The molecule has 11 heteroatoms. The minimum absolute atomic E-state index is 0.0179. The van der Waals surface area contributed by atoms with Gasteiger partial charge < -0.3 is 10.2 Å². The molecule has 1 atom stereocenters. The van der Waals surface area contributed by atoms with Crippen molar-refractivity contribution in [2.45, 2.75) is 39.5 Å². The lowest BCUT2D eigenvalue weighted by atomic mass is 10.1. The lowest BCUT2D eigenvalue weighted by molar-refractivity contribution is -0.139. The Bertz CT molecular complexity index is 1140. The Morgan fingerprint density at radius 1 is 1.09 bits per heavy atom. The van der Waals surface area contributed by atoms with Crippen molar-refractivity contribution < 1.29 is 31.2 Å². The van der Waals surface area contributed by atoms with Crippen LogP contribution in [0.3, 0.4) is 0 Å². The van der Waals surface area contributed by atoms with E-state index in [4.69, 9.17) is 0 Å². The van der Waals surface area contributed by atoms with Gasteiger partial charge in [-0.2, -0.15) is 13.2 Å². The van der Waals surface area contributed by atoms with E-state index >= 15 is 0 Å². The molecular formula is C23H28F3N3O4S. The summed E-state index contributed by atoms with van der Waals surface area (Å²) in [5.74, 6) is -1.17. The molecule has 0 bridgehead atoms. The molecule has 2 aromatic rings. The zero-order chi connectivity index (χ0) is 25.7. The number of likely N-dealkylation sites (N-methyl/N-ethyl adjacent to an activating group) is 1. The zero-order valence-electron chi connectivity index (χ0n) is 19.4. The standard InChI is InChI=1S/C23H28F3N3O4S/c1-5-27-22(31)17(3)28(14-18-10-7-6-9-16(18)2)21(30)15-29(34(4,32)33)20-12-8-11-19(13-20)23(24,25)26/h6-13,17H,5,14-15H2,1-4H3,(H,27,31)/t17-/m1/s1.